The van der Waals surface area contributed by atoms with Crippen molar-refractivity contribution in [2.75, 3.05) is 20.3 Å². The molecule has 106 valence electrons. The van der Waals surface area contributed by atoms with Crippen LogP contribution in [0.2, 0.25) is 0 Å². The van der Waals surface area contributed by atoms with Crippen LogP contribution in [0.15, 0.2) is 16.6 Å². The first kappa shape index (κ1) is 15.9. The first-order chi connectivity index (χ1) is 8.97. The molecule has 0 spiro atoms. The van der Waals surface area contributed by atoms with Crippen LogP contribution in [0.5, 0.6) is 5.75 Å². The molecule has 0 atom stereocenters. The molecule has 0 aliphatic heterocycles. The van der Waals surface area contributed by atoms with Crippen molar-refractivity contribution in [1.82, 2.24) is 0 Å². The van der Waals surface area contributed by atoms with E-state index in [1.54, 1.807) is 7.11 Å². The molecule has 19 heavy (non-hydrogen) atoms. The van der Waals surface area contributed by atoms with E-state index < -0.39 is 11.1 Å². The van der Waals surface area contributed by atoms with Crippen LogP contribution < -0.4 is 15.7 Å². The Kier molecular flexibility index (Phi) is 6.19. The molecule has 1 aromatic carbocycles. The van der Waals surface area contributed by atoms with E-state index in [9.17, 15) is 15.2 Å². The summed E-state index contributed by atoms with van der Waals surface area (Å²) in [6.45, 7) is 0.736. The number of benzene rings is 1. The summed E-state index contributed by atoms with van der Waals surface area (Å²) in [6.07, 6.45) is 0.585. The Morgan fingerprint density at radius 1 is 1.42 bits per heavy atom. The lowest BCUT2D eigenvalue weighted by molar-refractivity contribution is -0.716. The second-order valence-electron chi connectivity index (χ2n) is 3.68. The highest BCUT2D eigenvalue weighted by Gasteiger charge is 2.16. The van der Waals surface area contributed by atoms with Crippen LogP contribution in [0, 0.1) is 10.4 Å². The molecule has 1 rings (SSSR count). The molecule has 0 bridgehead atoms. The summed E-state index contributed by atoms with van der Waals surface area (Å²) in [7, 11) is 1.55. The van der Waals surface area contributed by atoms with E-state index >= 15 is 0 Å². The number of ether oxygens (including phenoxy) is 2. The molecule has 3 N–H and O–H groups in total. The smallest absolute Gasteiger partial charge is 0.248 e. The van der Waals surface area contributed by atoms with Gasteiger partial charge in [0.1, 0.15) is 0 Å². The van der Waals surface area contributed by atoms with Crippen molar-refractivity contribution in [3.05, 3.63) is 32.6 Å². The van der Waals surface area contributed by atoms with Gasteiger partial charge in [0.05, 0.1) is 11.1 Å². The van der Waals surface area contributed by atoms with Crippen molar-refractivity contribution in [2.24, 2.45) is 5.73 Å². The minimum atomic E-state index is -1.40. The van der Waals surface area contributed by atoms with Gasteiger partial charge in [0.2, 0.25) is 5.91 Å². The predicted molar refractivity (Wildman–Crippen MR) is 72.0 cm³/mol. The SMILES string of the molecule is COCCCOc1cc(C(N)=O)cc(Br)c1[NH+]([O-])[O-]. The van der Waals surface area contributed by atoms with Crippen molar-refractivity contribution in [1.29, 1.82) is 0 Å². The van der Waals surface area contributed by atoms with Gasteiger partial charge in [-0.05, 0) is 28.1 Å². The number of carbonyl (C=O) groups excluding carboxylic acids is 1. The molecule has 0 heterocycles. The quantitative estimate of drug-likeness (QED) is 0.556. The van der Waals surface area contributed by atoms with Crippen molar-refractivity contribution in [2.45, 2.75) is 6.42 Å². The summed E-state index contributed by atoms with van der Waals surface area (Å²) in [5.74, 6) is -0.633. The summed E-state index contributed by atoms with van der Waals surface area (Å²) < 4.78 is 10.4. The zero-order valence-corrected chi connectivity index (χ0v) is 11.9. The van der Waals surface area contributed by atoms with Gasteiger partial charge in [-0.3, -0.25) is 4.79 Å². The lowest BCUT2D eigenvalue weighted by atomic mass is 10.2. The van der Waals surface area contributed by atoms with Crippen LogP contribution in [0.4, 0.5) is 5.69 Å². The molecule has 0 unspecified atom stereocenters. The van der Waals surface area contributed by atoms with E-state index in [1.165, 1.54) is 12.1 Å². The zero-order chi connectivity index (χ0) is 14.4. The molecular weight excluding hydrogens is 320 g/mol. The van der Waals surface area contributed by atoms with E-state index in [1.807, 2.05) is 0 Å². The molecular formula is C11H14BrN2O5-. The van der Waals surface area contributed by atoms with Gasteiger partial charge in [0.25, 0.3) is 0 Å². The van der Waals surface area contributed by atoms with Crippen LogP contribution in [-0.2, 0) is 4.74 Å². The van der Waals surface area contributed by atoms with Crippen LogP contribution in [0.25, 0.3) is 0 Å². The van der Waals surface area contributed by atoms with E-state index in [0.717, 1.165) is 0 Å². The minimum absolute atomic E-state index is 0.0410. The molecule has 0 fully saturated rings. The number of nitrogens with one attached hydrogen (secondary N) is 1. The van der Waals surface area contributed by atoms with Gasteiger partial charge in [-0.2, -0.15) is 0 Å². The average Bonchev–Trinajstić information content (AvgIpc) is 2.33. The lowest BCUT2D eigenvalue weighted by Crippen LogP contribution is -2.96. The molecule has 0 saturated carbocycles. The third kappa shape index (κ3) is 4.44. The highest BCUT2D eigenvalue weighted by atomic mass is 79.9. The molecule has 1 amide bonds. The number of amides is 1. The molecule has 0 radical (unpaired) electrons. The molecule has 1 aromatic rings. The van der Waals surface area contributed by atoms with Gasteiger partial charge in [0.15, 0.2) is 11.4 Å². The third-order valence-electron chi connectivity index (χ3n) is 2.29. The van der Waals surface area contributed by atoms with Gasteiger partial charge in [-0.15, -0.1) is 0 Å². The largest absolute Gasteiger partial charge is 0.628 e. The maximum Gasteiger partial charge on any atom is 0.248 e. The zero-order valence-electron chi connectivity index (χ0n) is 10.3. The fourth-order valence-electron chi connectivity index (χ4n) is 1.42. The van der Waals surface area contributed by atoms with Crippen molar-refractivity contribution >= 4 is 27.5 Å². The van der Waals surface area contributed by atoms with E-state index in [0.29, 0.717) is 13.0 Å². The molecule has 0 aliphatic rings. The summed E-state index contributed by atoms with van der Waals surface area (Å²) in [6, 6.07) is 2.60. The number of carbonyl (C=O) groups is 1. The molecule has 8 heteroatoms. The monoisotopic (exact) mass is 333 g/mol. The van der Waals surface area contributed by atoms with Gasteiger partial charge in [-0.1, -0.05) is 0 Å². The molecule has 0 saturated heterocycles. The average molecular weight is 334 g/mol. The number of hydrogen-bond donors (Lipinski definition) is 2. The Bertz CT molecular complexity index is 453. The number of quaternary nitrogens is 1. The predicted octanol–water partition coefficient (Wildman–Crippen LogP) is 0.475. The summed E-state index contributed by atoms with van der Waals surface area (Å²) in [5, 5.41) is 20.7. The Labute approximate surface area is 118 Å². The minimum Gasteiger partial charge on any atom is -0.628 e. The summed E-state index contributed by atoms with van der Waals surface area (Å²) >= 11 is 3.06. The summed E-state index contributed by atoms with van der Waals surface area (Å²) in [4.78, 5) is 11.1. The number of hydrogen-bond acceptors (Lipinski definition) is 5. The number of methoxy groups -OCH3 is 1. The Morgan fingerprint density at radius 3 is 2.63 bits per heavy atom. The van der Waals surface area contributed by atoms with Gasteiger partial charge >= 0.3 is 0 Å². The third-order valence-corrected chi connectivity index (χ3v) is 2.92. The van der Waals surface area contributed by atoms with Crippen molar-refractivity contribution in [3.63, 3.8) is 0 Å². The van der Waals surface area contributed by atoms with Crippen LogP contribution in [0.3, 0.4) is 0 Å². The van der Waals surface area contributed by atoms with E-state index in [-0.39, 0.29) is 28.1 Å². The first-order valence-corrected chi connectivity index (χ1v) is 6.23. The molecule has 7 nitrogen and oxygen atoms in total. The maximum absolute atomic E-state index is 11.1. The highest BCUT2D eigenvalue weighted by molar-refractivity contribution is 9.10. The second kappa shape index (κ2) is 7.41. The highest BCUT2D eigenvalue weighted by Crippen LogP contribution is 2.31. The Balaban J connectivity index is 2.99. The number of primary amides is 1. The van der Waals surface area contributed by atoms with Gasteiger partial charge < -0.3 is 30.8 Å². The van der Waals surface area contributed by atoms with Crippen molar-refractivity contribution in [3.8, 4) is 5.75 Å². The Hall–Kier alpha value is -1.19. The van der Waals surface area contributed by atoms with E-state index in [4.69, 9.17) is 15.2 Å². The number of rotatable bonds is 7. The maximum atomic E-state index is 11.1. The normalized spacial score (nSPS) is 10.8. The molecule has 0 aliphatic carbocycles. The fraction of sp³-hybridized carbons (Fsp3) is 0.364. The van der Waals surface area contributed by atoms with Gasteiger partial charge in [-0.25, -0.2) is 0 Å². The van der Waals surface area contributed by atoms with Crippen LogP contribution in [-0.4, -0.2) is 26.2 Å². The summed E-state index contributed by atoms with van der Waals surface area (Å²) in [5.41, 5.74) is 5.16. The van der Waals surface area contributed by atoms with Gasteiger partial charge in [0, 0.05) is 25.7 Å². The van der Waals surface area contributed by atoms with Crippen molar-refractivity contribution < 1.29 is 19.5 Å². The lowest BCUT2D eigenvalue weighted by Gasteiger charge is -2.28. The van der Waals surface area contributed by atoms with E-state index in [2.05, 4.69) is 15.9 Å². The first-order valence-electron chi connectivity index (χ1n) is 5.43. The van der Waals surface area contributed by atoms with Crippen LogP contribution >= 0.6 is 15.9 Å². The number of nitrogens with two attached hydrogens (primary N) is 1. The fourth-order valence-corrected chi connectivity index (χ4v) is 2.02. The van der Waals surface area contributed by atoms with Crippen LogP contribution in [0.1, 0.15) is 16.8 Å². The number of halogens is 1. The Morgan fingerprint density at radius 2 is 2.11 bits per heavy atom. The molecule has 0 aromatic heterocycles. The second-order valence-corrected chi connectivity index (χ2v) is 4.53. The topological polar surface area (TPSA) is 112 Å². The standard InChI is InChI=1S/C11H14BrN2O5/c1-18-3-2-4-19-9-6-7(11(13)15)5-8(12)10(9)14(16)17/h5-6,14H,2-4H2,1H3,(H2,13,15)/q-1.